The van der Waals surface area contributed by atoms with Crippen LogP contribution in [0.5, 0.6) is 0 Å². The van der Waals surface area contributed by atoms with Gasteiger partial charge >= 0.3 is 0 Å². The van der Waals surface area contributed by atoms with E-state index in [0.717, 1.165) is 31.4 Å². The van der Waals surface area contributed by atoms with Crippen molar-refractivity contribution in [3.63, 3.8) is 0 Å². The number of fused-ring (bicyclic) bond motifs is 1. The van der Waals surface area contributed by atoms with Crippen molar-refractivity contribution in [1.29, 1.82) is 0 Å². The Labute approximate surface area is 132 Å². The van der Waals surface area contributed by atoms with Crippen LogP contribution in [0.15, 0.2) is 65.2 Å². The second-order valence-corrected chi connectivity index (χ2v) is 6.23. The van der Waals surface area contributed by atoms with Gasteiger partial charge in [-0.2, -0.15) is 0 Å². The number of aliphatic imine (C=N–C) groups is 1. The zero-order valence-corrected chi connectivity index (χ0v) is 13.0. The van der Waals surface area contributed by atoms with Gasteiger partial charge in [0.05, 0.1) is 5.69 Å². The second kappa shape index (κ2) is 5.57. The molecular formula is C21H21N. The Hall–Kier alpha value is -2.15. The van der Waals surface area contributed by atoms with E-state index in [4.69, 9.17) is 4.99 Å². The standard InChI is InChI=1S/C21H21N/c1-2-15-7-9-16(10-8-15)18-12-13-19(18)21-14-11-17-5-3-4-6-20(17)22-21/h3-10,13,18H,2,11-12,14H2,1H3. The van der Waals surface area contributed by atoms with Crippen LogP contribution in [0.4, 0.5) is 5.69 Å². The molecule has 0 saturated carbocycles. The van der Waals surface area contributed by atoms with Crippen LogP contribution in [0.1, 0.15) is 42.4 Å². The molecule has 1 nitrogen and oxygen atoms in total. The molecule has 0 aromatic heterocycles. The Morgan fingerprint density at radius 1 is 1.00 bits per heavy atom. The van der Waals surface area contributed by atoms with Gasteiger partial charge < -0.3 is 0 Å². The van der Waals surface area contributed by atoms with E-state index < -0.39 is 0 Å². The summed E-state index contributed by atoms with van der Waals surface area (Å²) in [7, 11) is 0. The number of benzene rings is 2. The summed E-state index contributed by atoms with van der Waals surface area (Å²) in [6, 6.07) is 17.7. The fourth-order valence-corrected chi connectivity index (χ4v) is 3.47. The minimum Gasteiger partial charge on any atom is -0.253 e. The maximum absolute atomic E-state index is 4.93. The normalized spacial score (nSPS) is 19.8. The quantitative estimate of drug-likeness (QED) is 0.718. The molecule has 1 atom stereocenters. The first kappa shape index (κ1) is 13.5. The molecule has 1 unspecified atom stereocenters. The summed E-state index contributed by atoms with van der Waals surface area (Å²) in [6.45, 7) is 2.21. The van der Waals surface area contributed by atoms with Crippen molar-refractivity contribution in [2.45, 2.75) is 38.5 Å². The Balaban J connectivity index is 1.60. The van der Waals surface area contributed by atoms with E-state index in [-0.39, 0.29) is 0 Å². The zero-order chi connectivity index (χ0) is 14.9. The van der Waals surface area contributed by atoms with Crippen LogP contribution >= 0.6 is 0 Å². The van der Waals surface area contributed by atoms with Crippen molar-refractivity contribution in [2.24, 2.45) is 4.99 Å². The smallest absolute Gasteiger partial charge is 0.0665 e. The highest BCUT2D eigenvalue weighted by molar-refractivity contribution is 6.05. The molecule has 1 aliphatic heterocycles. The van der Waals surface area contributed by atoms with Crippen molar-refractivity contribution in [2.75, 3.05) is 0 Å². The lowest BCUT2D eigenvalue weighted by Gasteiger charge is -2.30. The van der Waals surface area contributed by atoms with Crippen molar-refractivity contribution >= 4 is 11.4 Å². The number of hydrogen-bond acceptors (Lipinski definition) is 1. The third-order valence-corrected chi connectivity index (χ3v) is 4.95. The summed E-state index contributed by atoms with van der Waals surface area (Å²) in [5.41, 5.74) is 8.16. The molecule has 0 saturated heterocycles. The Morgan fingerprint density at radius 3 is 2.55 bits per heavy atom. The van der Waals surface area contributed by atoms with Gasteiger partial charge in [0.25, 0.3) is 0 Å². The molecule has 0 spiro atoms. The number of rotatable bonds is 3. The largest absolute Gasteiger partial charge is 0.253 e. The Kier molecular flexibility index (Phi) is 3.42. The predicted molar refractivity (Wildman–Crippen MR) is 93.1 cm³/mol. The lowest BCUT2D eigenvalue weighted by molar-refractivity contribution is 0.753. The first-order chi connectivity index (χ1) is 10.8. The van der Waals surface area contributed by atoms with E-state index in [1.165, 1.54) is 28.0 Å². The van der Waals surface area contributed by atoms with Crippen LogP contribution in [0.25, 0.3) is 0 Å². The monoisotopic (exact) mass is 287 g/mol. The van der Waals surface area contributed by atoms with Gasteiger partial charge in [0.2, 0.25) is 0 Å². The molecule has 1 aliphatic carbocycles. The van der Waals surface area contributed by atoms with E-state index >= 15 is 0 Å². The SMILES string of the molecule is CCc1ccc(C2CC=C2C2=Nc3ccccc3CC2)cc1. The van der Waals surface area contributed by atoms with Gasteiger partial charge in [0, 0.05) is 11.6 Å². The second-order valence-electron chi connectivity index (χ2n) is 6.23. The van der Waals surface area contributed by atoms with E-state index in [0.29, 0.717) is 5.92 Å². The van der Waals surface area contributed by atoms with Crippen LogP contribution in [0.3, 0.4) is 0 Å². The molecule has 110 valence electrons. The van der Waals surface area contributed by atoms with Gasteiger partial charge in [-0.25, -0.2) is 0 Å². The lowest BCUT2D eigenvalue weighted by atomic mass is 9.75. The van der Waals surface area contributed by atoms with Gasteiger partial charge in [-0.1, -0.05) is 55.5 Å². The third-order valence-electron chi connectivity index (χ3n) is 4.95. The molecular weight excluding hydrogens is 266 g/mol. The molecule has 22 heavy (non-hydrogen) atoms. The predicted octanol–water partition coefficient (Wildman–Crippen LogP) is 5.38. The Bertz CT molecular complexity index is 750. The summed E-state index contributed by atoms with van der Waals surface area (Å²) in [4.78, 5) is 4.93. The Morgan fingerprint density at radius 2 is 1.82 bits per heavy atom. The lowest BCUT2D eigenvalue weighted by Crippen LogP contribution is -2.20. The number of nitrogens with zero attached hydrogens (tertiary/aromatic N) is 1. The summed E-state index contributed by atoms with van der Waals surface area (Å²) in [5.74, 6) is 0.551. The number of para-hydroxylation sites is 1. The van der Waals surface area contributed by atoms with E-state index in [1.54, 1.807) is 0 Å². The molecule has 2 aromatic rings. The molecule has 1 heterocycles. The average Bonchev–Trinajstić information content (AvgIpc) is 2.54. The van der Waals surface area contributed by atoms with Crippen LogP contribution in [0, 0.1) is 0 Å². The minimum absolute atomic E-state index is 0.551. The average molecular weight is 287 g/mol. The van der Waals surface area contributed by atoms with Crippen LogP contribution in [0.2, 0.25) is 0 Å². The van der Waals surface area contributed by atoms with E-state index in [2.05, 4.69) is 61.5 Å². The van der Waals surface area contributed by atoms with Crippen molar-refractivity contribution < 1.29 is 0 Å². The summed E-state index contributed by atoms with van der Waals surface area (Å²) >= 11 is 0. The minimum atomic E-state index is 0.551. The first-order valence-corrected chi connectivity index (χ1v) is 8.30. The topological polar surface area (TPSA) is 12.4 Å². The number of allylic oxidation sites excluding steroid dienone is 2. The molecule has 2 aliphatic rings. The number of aryl methyl sites for hydroxylation is 2. The highest BCUT2D eigenvalue weighted by Gasteiger charge is 2.28. The fourth-order valence-electron chi connectivity index (χ4n) is 3.47. The van der Waals surface area contributed by atoms with Gasteiger partial charge in [0.15, 0.2) is 0 Å². The number of hydrogen-bond donors (Lipinski definition) is 0. The van der Waals surface area contributed by atoms with Crippen molar-refractivity contribution in [3.05, 3.63) is 76.9 Å². The summed E-state index contributed by atoms with van der Waals surface area (Å²) < 4.78 is 0. The van der Waals surface area contributed by atoms with Gasteiger partial charge in [0.1, 0.15) is 0 Å². The highest BCUT2D eigenvalue weighted by atomic mass is 14.8. The maximum Gasteiger partial charge on any atom is 0.0665 e. The first-order valence-electron chi connectivity index (χ1n) is 8.30. The molecule has 0 radical (unpaired) electrons. The van der Waals surface area contributed by atoms with Crippen molar-refractivity contribution in [3.8, 4) is 0 Å². The van der Waals surface area contributed by atoms with E-state index in [1.807, 2.05) is 0 Å². The van der Waals surface area contributed by atoms with Crippen LogP contribution in [-0.2, 0) is 12.8 Å². The highest BCUT2D eigenvalue weighted by Crippen LogP contribution is 2.40. The molecule has 1 heteroatoms. The van der Waals surface area contributed by atoms with Gasteiger partial charge in [-0.15, -0.1) is 0 Å². The molecule has 0 N–H and O–H groups in total. The molecule has 0 bridgehead atoms. The van der Waals surface area contributed by atoms with Gasteiger partial charge in [-0.05, 0) is 54.0 Å². The molecule has 0 fully saturated rings. The summed E-state index contributed by atoms with van der Waals surface area (Å²) in [6.07, 6.45) is 6.82. The molecule has 0 amide bonds. The van der Waals surface area contributed by atoms with Crippen LogP contribution in [-0.4, -0.2) is 5.71 Å². The molecule has 2 aromatic carbocycles. The van der Waals surface area contributed by atoms with Crippen LogP contribution < -0.4 is 0 Å². The van der Waals surface area contributed by atoms with E-state index in [9.17, 15) is 0 Å². The third kappa shape index (κ3) is 2.31. The summed E-state index contributed by atoms with van der Waals surface area (Å²) in [5, 5.41) is 0. The zero-order valence-electron chi connectivity index (χ0n) is 13.0. The molecule has 4 rings (SSSR count). The van der Waals surface area contributed by atoms with Gasteiger partial charge in [-0.3, -0.25) is 4.99 Å². The maximum atomic E-state index is 4.93. The fraction of sp³-hybridized carbons (Fsp3) is 0.286. The van der Waals surface area contributed by atoms with Crippen molar-refractivity contribution in [1.82, 2.24) is 0 Å².